The molecular formula is C19H20ClN3O3S. The van der Waals surface area contributed by atoms with E-state index < -0.39 is 6.04 Å². The van der Waals surface area contributed by atoms with Gasteiger partial charge in [-0.3, -0.25) is 14.4 Å². The maximum absolute atomic E-state index is 12.5. The summed E-state index contributed by atoms with van der Waals surface area (Å²) in [6, 6.07) is 9.92. The molecule has 6 nitrogen and oxygen atoms in total. The Balaban J connectivity index is 1.47. The molecule has 3 rings (SSSR count). The lowest BCUT2D eigenvalue weighted by atomic mass is 10.2. The lowest BCUT2D eigenvalue weighted by Crippen LogP contribution is -2.47. The number of carbonyl (C=O) groups is 3. The SMILES string of the molecule is O=C(NCCNC(=O)[C@@H]1CCCN1C(=O)c1cccs1)c1ccccc1Cl. The van der Waals surface area contributed by atoms with E-state index in [4.69, 9.17) is 11.6 Å². The molecule has 1 fully saturated rings. The Morgan fingerprint density at radius 3 is 2.63 bits per heavy atom. The molecule has 0 aliphatic carbocycles. The zero-order valence-electron chi connectivity index (χ0n) is 14.6. The number of amides is 3. The van der Waals surface area contributed by atoms with Crippen LogP contribution in [0, 0.1) is 0 Å². The number of carbonyl (C=O) groups excluding carboxylic acids is 3. The van der Waals surface area contributed by atoms with Crippen molar-refractivity contribution in [2.75, 3.05) is 19.6 Å². The van der Waals surface area contributed by atoms with E-state index in [9.17, 15) is 14.4 Å². The second-order valence-corrected chi connectivity index (χ2v) is 7.52. The van der Waals surface area contributed by atoms with Crippen molar-refractivity contribution in [1.82, 2.24) is 15.5 Å². The summed E-state index contributed by atoms with van der Waals surface area (Å²) in [5, 5.41) is 7.75. The topological polar surface area (TPSA) is 78.5 Å². The van der Waals surface area contributed by atoms with Crippen molar-refractivity contribution in [3.63, 3.8) is 0 Å². The maximum atomic E-state index is 12.5. The molecular weight excluding hydrogens is 386 g/mol. The molecule has 0 saturated carbocycles. The highest BCUT2D eigenvalue weighted by Crippen LogP contribution is 2.22. The minimum atomic E-state index is -0.459. The van der Waals surface area contributed by atoms with Crippen molar-refractivity contribution in [3.8, 4) is 0 Å². The van der Waals surface area contributed by atoms with Gasteiger partial charge in [0.15, 0.2) is 0 Å². The van der Waals surface area contributed by atoms with Crippen LogP contribution >= 0.6 is 22.9 Å². The highest BCUT2D eigenvalue weighted by atomic mass is 35.5. The zero-order valence-corrected chi connectivity index (χ0v) is 16.2. The zero-order chi connectivity index (χ0) is 19.2. The summed E-state index contributed by atoms with van der Waals surface area (Å²) in [5.74, 6) is -0.579. The number of hydrogen-bond donors (Lipinski definition) is 2. The Morgan fingerprint density at radius 2 is 1.89 bits per heavy atom. The first-order valence-electron chi connectivity index (χ1n) is 8.73. The number of thiophene rings is 1. The first-order valence-corrected chi connectivity index (χ1v) is 9.98. The van der Waals surface area contributed by atoms with E-state index >= 15 is 0 Å². The number of nitrogens with one attached hydrogen (secondary N) is 2. The number of nitrogens with zero attached hydrogens (tertiary/aromatic N) is 1. The third-order valence-corrected chi connectivity index (χ3v) is 5.56. The Kier molecular flexibility index (Phi) is 6.47. The molecule has 0 unspecified atom stereocenters. The summed E-state index contributed by atoms with van der Waals surface area (Å²) < 4.78 is 0. The van der Waals surface area contributed by atoms with Crippen LogP contribution in [0.4, 0.5) is 0 Å². The van der Waals surface area contributed by atoms with Crippen LogP contribution in [0.2, 0.25) is 5.02 Å². The average Bonchev–Trinajstić information content (AvgIpc) is 3.36. The molecule has 1 aliphatic heterocycles. The number of rotatable bonds is 6. The predicted molar refractivity (Wildman–Crippen MR) is 105 cm³/mol. The molecule has 2 N–H and O–H groups in total. The number of hydrogen-bond acceptors (Lipinski definition) is 4. The number of benzene rings is 1. The fourth-order valence-corrected chi connectivity index (χ4v) is 3.94. The van der Waals surface area contributed by atoms with Gasteiger partial charge in [0.2, 0.25) is 5.91 Å². The first kappa shape index (κ1) is 19.4. The Labute approximate surface area is 166 Å². The fourth-order valence-electron chi connectivity index (χ4n) is 3.04. The van der Waals surface area contributed by atoms with Gasteiger partial charge in [-0.15, -0.1) is 11.3 Å². The highest BCUT2D eigenvalue weighted by Gasteiger charge is 2.34. The summed E-state index contributed by atoms with van der Waals surface area (Å²) in [7, 11) is 0. The van der Waals surface area contributed by atoms with Crippen LogP contribution in [0.15, 0.2) is 41.8 Å². The Bertz CT molecular complexity index is 825. The second-order valence-electron chi connectivity index (χ2n) is 6.16. The van der Waals surface area contributed by atoms with Gasteiger partial charge in [-0.05, 0) is 36.4 Å². The normalized spacial score (nSPS) is 16.2. The molecule has 1 saturated heterocycles. The Morgan fingerprint density at radius 1 is 1.11 bits per heavy atom. The van der Waals surface area contributed by atoms with Gasteiger partial charge in [0.05, 0.1) is 15.5 Å². The third-order valence-electron chi connectivity index (χ3n) is 4.38. The largest absolute Gasteiger partial charge is 0.353 e. The third kappa shape index (κ3) is 4.67. The van der Waals surface area contributed by atoms with Crippen LogP contribution in [-0.4, -0.2) is 48.3 Å². The van der Waals surface area contributed by atoms with Gasteiger partial charge in [-0.25, -0.2) is 0 Å². The van der Waals surface area contributed by atoms with Gasteiger partial charge in [0.25, 0.3) is 11.8 Å². The molecule has 1 aromatic carbocycles. The summed E-state index contributed by atoms with van der Waals surface area (Å²) >= 11 is 7.36. The molecule has 2 heterocycles. The second kappa shape index (κ2) is 9.01. The van der Waals surface area contributed by atoms with Gasteiger partial charge in [-0.1, -0.05) is 29.8 Å². The summed E-state index contributed by atoms with van der Waals surface area (Å²) in [4.78, 5) is 39.3. The van der Waals surface area contributed by atoms with Gasteiger partial charge < -0.3 is 15.5 Å². The summed E-state index contributed by atoms with van der Waals surface area (Å²) in [6.07, 6.45) is 1.45. The molecule has 0 bridgehead atoms. The van der Waals surface area contributed by atoms with Crippen LogP contribution in [0.25, 0.3) is 0 Å². The van der Waals surface area contributed by atoms with E-state index in [-0.39, 0.29) is 30.8 Å². The van der Waals surface area contributed by atoms with Crippen molar-refractivity contribution in [2.24, 2.45) is 0 Å². The number of likely N-dealkylation sites (tertiary alicyclic amines) is 1. The quantitative estimate of drug-likeness (QED) is 0.725. The van der Waals surface area contributed by atoms with E-state index in [0.29, 0.717) is 28.4 Å². The van der Waals surface area contributed by atoms with E-state index in [2.05, 4.69) is 10.6 Å². The van der Waals surface area contributed by atoms with Gasteiger partial charge in [0.1, 0.15) is 6.04 Å². The van der Waals surface area contributed by atoms with Crippen molar-refractivity contribution < 1.29 is 14.4 Å². The van der Waals surface area contributed by atoms with Crippen LogP contribution in [-0.2, 0) is 4.79 Å². The van der Waals surface area contributed by atoms with Crippen LogP contribution < -0.4 is 10.6 Å². The monoisotopic (exact) mass is 405 g/mol. The lowest BCUT2D eigenvalue weighted by Gasteiger charge is -2.23. The van der Waals surface area contributed by atoms with Crippen molar-refractivity contribution in [1.29, 1.82) is 0 Å². The molecule has 8 heteroatoms. The fraction of sp³-hybridized carbons (Fsp3) is 0.316. The maximum Gasteiger partial charge on any atom is 0.264 e. The van der Waals surface area contributed by atoms with Gasteiger partial charge >= 0.3 is 0 Å². The van der Waals surface area contributed by atoms with Crippen LogP contribution in [0.1, 0.15) is 32.9 Å². The molecule has 2 aromatic rings. The highest BCUT2D eigenvalue weighted by molar-refractivity contribution is 7.12. The van der Waals surface area contributed by atoms with Crippen molar-refractivity contribution in [3.05, 3.63) is 57.2 Å². The molecule has 1 aromatic heterocycles. The van der Waals surface area contributed by atoms with Crippen LogP contribution in [0.5, 0.6) is 0 Å². The molecule has 0 radical (unpaired) electrons. The summed E-state index contributed by atoms with van der Waals surface area (Å²) in [5.41, 5.74) is 0.397. The van der Waals surface area contributed by atoms with Gasteiger partial charge in [0, 0.05) is 19.6 Å². The van der Waals surface area contributed by atoms with Crippen LogP contribution in [0.3, 0.4) is 0 Å². The minimum absolute atomic E-state index is 0.102. The smallest absolute Gasteiger partial charge is 0.264 e. The van der Waals surface area contributed by atoms with E-state index in [1.165, 1.54) is 11.3 Å². The molecule has 27 heavy (non-hydrogen) atoms. The summed E-state index contributed by atoms with van der Waals surface area (Å²) in [6.45, 7) is 1.14. The number of halogens is 1. The van der Waals surface area contributed by atoms with E-state index in [0.717, 1.165) is 6.42 Å². The average molecular weight is 406 g/mol. The Hall–Kier alpha value is -2.38. The van der Waals surface area contributed by atoms with E-state index in [1.807, 2.05) is 11.4 Å². The molecule has 0 spiro atoms. The predicted octanol–water partition coefficient (Wildman–Crippen LogP) is 2.55. The molecule has 1 aliphatic rings. The first-order chi connectivity index (χ1) is 13.1. The van der Waals surface area contributed by atoms with E-state index in [1.54, 1.807) is 35.2 Å². The van der Waals surface area contributed by atoms with Gasteiger partial charge in [-0.2, -0.15) is 0 Å². The molecule has 1 atom stereocenters. The molecule has 142 valence electrons. The minimum Gasteiger partial charge on any atom is -0.353 e. The molecule has 3 amide bonds. The van der Waals surface area contributed by atoms with Crippen molar-refractivity contribution >= 4 is 40.7 Å². The van der Waals surface area contributed by atoms with Crippen molar-refractivity contribution in [2.45, 2.75) is 18.9 Å². The standard InChI is InChI=1S/C19H20ClN3O3S/c20-14-6-2-1-5-13(14)17(24)21-9-10-22-18(25)15-7-3-11-23(15)19(26)16-8-4-12-27-16/h1-2,4-6,8,12,15H,3,7,9-11H2,(H,21,24)(H,22,25)/t15-/m0/s1. The lowest BCUT2D eigenvalue weighted by molar-refractivity contribution is -0.124.